The Morgan fingerprint density at radius 3 is 2.62 bits per heavy atom. The van der Waals surface area contributed by atoms with Crippen molar-refractivity contribution in [2.75, 3.05) is 19.6 Å². The maximum Gasteiger partial charge on any atom is 0.317 e. The first kappa shape index (κ1) is 13.1. The summed E-state index contributed by atoms with van der Waals surface area (Å²) >= 11 is 0. The lowest BCUT2D eigenvalue weighted by Gasteiger charge is -2.32. The average Bonchev–Trinajstić information content (AvgIpc) is 2.25. The highest BCUT2D eigenvalue weighted by molar-refractivity contribution is 5.74. The number of urea groups is 1. The SMILES string of the molecule is CCCNC(=O)N1CC=C(C(C)(C)C)CC1. The van der Waals surface area contributed by atoms with Crippen molar-refractivity contribution in [3.63, 3.8) is 0 Å². The summed E-state index contributed by atoms with van der Waals surface area (Å²) in [6.07, 6.45) is 4.20. The molecule has 0 aromatic rings. The summed E-state index contributed by atoms with van der Waals surface area (Å²) in [6, 6.07) is 0.0751. The van der Waals surface area contributed by atoms with Crippen molar-refractivity contribution in [3.8, 4) is 0 Å². The lowest BCUT2D eigenvalue weighted by atomic mass is 9.83. The average molecular weight is 224 g/mol. The summed E-state index contributed by atoms with van der Waals surface area (Å²) in [6.45, 7) is 11.1. The number of nitrogens with zero attached hydrogens (tertiary/aromatic N) is 1. The molecule has 0 aromatic heterocycles. The third-order valence-corrected chi connectivity index (χ3v) is 2.99. The van der Waals surface area contributed by atoms with Crippen molar-refractivity contribution in [1.82, 2.24) is 10.2 Å². The van der Waals surface area contributed by atoms with Crippen LogP contribution in [-0.2, 0) is 0 Å². The molecule has 0 fully saturated rings. The van der Waals surface area contributed by atoms with Crippen molar-refractivity contribution in [2.45, 2.75) is 40.5 Å². The lowest BCUT2D eigenvalue weighted by molar-refractivity contribution is 0.200. The van der Waals surface area contributed by atoms with E-state index in [1.54, 1.807) is 0 Å². The molecule has 3 heteroatoms. The van der Waals surface area contributed by atoms with E-state index >= 15 is 0 Å². The van der Waals surface area contributed by atoms with Gasteiger partial charge in [0, 0.05) is 19.6 Å². The first-order valence-corrected chi connectivity index (χ1v) is 6.17. The van der Waals surface area contributed by atoms with Crippen LogP contribution in [0.3, 0.4) is 0 Å². The summed E-state index contributed by atoms with van der Waals surface area (Å²) in [4.78, 5) is 13.6. The molecule has 0 spiro atoms. The number of rotatable bonds is 2. The van der Waals surface area contributed by atoms with Crippen LogP contribution < -0.4 is 5.32 Å². The number of carbonyl (C=O) groups is 1. The van der Waals surface area contributed by atoms with E-state index < -0.39 is 0 Å². The van der Waals surface area contributed by atoms with Crippen molar-refractivity contribution >= 4 is 6.03 Å². The molecule has 0 radical (unpaired) electrons. The Kier molecular flexibility index (Phi) is 4.39. The Labute approximate surface area is 98.9 Å². The molecule has 0 unspecified atom stereocenters. The van der Waals surface area contributed by atoms with E-state index in [0.717, 1.165) is 32.5 Å². The molecule has 0 aromatic carbocycles. The van der Waals surface area contributed by atoms with Crippen LogP contribution in [0, 0.1) is 5.41 Å². The van der Waals surface area contributed by atoms with E-state index in [2.05, 4.69) is 39.1 Å². The van der Waals surface area contributed by atoms with Gasteiger partial charge in [-0.2, -0.15) is 0 Å². The molecule has 1 rings (SSSR count). The maximum atomic E-state index is 11.7. The van der Waals surface area contributed by atoms with Gasteiger partial charge in [-0.05, 0) is 18.3 Å². The highest BCUT2D eigenvalue weighted by Crippen LogP contribution is 2.29. The van der Waals surface area contributed by atoms with Crippen LogP contribution in [0.15, 0.2) is 11.6 Å². The molecule has 1 heterocycles. The van der Waals surface area contributed by atoms with Crippen molar-refractivity contribution in [2.24, 2.45) is 5.41 Å². The Morgan fingerprint density at radius 2 is 2.19 bits per heavy atom. The zero-order valence-electron chi connectivity index (χ0n) is 11.0. The first-order valence-electron chi connectivity index (χ1n) is 6.17. The van der Waals surface area contributed by atoms with Gasteiger partial charge in [-0.1, -0.05) is 39.3 Å². The van der Waals surface area contributed by atoms with Gasteiger partial charge in [0.15, 0.2) is 0 Å². The molecule has 1 aliphatic rings. The van der Waals surface area contributed by atoms with Gasteiger partial charge in [0.1, 0.15) is 0 Å². The second-order valence-corrected chi connectivity index (χ2v) is 5.41. The summed E-state index contributed by atoms with van der Waals surface area (Å²) in [5.74, 6) is 0. The predicted octanol–water partition coefficient (Wildman–Crippen LogP) is 2.78. The molecule has 2 amide bonds. The molecule has 1 aliphatic heterocycles. The van der Waals surface area contributed by atoms with Gasteiger partial charge in [-0.25, -0.2) is 4.79 Å². The topological polar surface area (TPSA) is 32.3 Å². The summed E-state index contributed by atoms with van der Waals surface area (Å²) in [5.41, 5.74) is 1.71. The molecule has 1 N–H and O–H groups in total. The molecular formula is C13H24N2O. The fraction of sp³-hybridized carbons (Fsp3) is 0.769. The molecule has 0 bridgehead atoms. The van der Waals surface area contributed by atoms with Crippen LogP contribution >= 0.6 is 0 Å². The third kappa shape index (κ3) is 3.54. The van der Waals surface area contributed by atoms with Gasteiger partial charge in [0.2, 0.25) is 0 Å². The molecular weight excluding hydrogens is 200 g/mol. The number of nitrogens with one attached hydrogen (secondary N) is 1. The van der Waals surface area contributed by atoms with Gasteiger partial charge in [0.05, 0.1) is 0 Å². The van der Waals surface area contributed by atoms with Crippen LogP contribution in [0.4, 0.5) is 4.79 Å². The van der Waals surface area contributed by atoms with Gasteiger partial charge in [-0.15, -0.1) is 0 Å². The minimum Gasteiger partial charge on any atom is -0.338 e. The number of hydrogen-bond acceptors (Lipinski definition) is 1. The van der Waals surface area contributed by atoms with Crippen LogP contribution in [0.25, 0.3) is 0 Å². The van der Waals surface area contributed by atoms with Crippen molar-refractivity contribution in [1.29, 1.82) is 0 Å². The lowest BCUT2D eigenvalue weighted by Crippen LogP contribution is -2.43. The smallest absolute Gasteiger partial charge is 0.317 e. The van der Waals surface area contributed by atoms with Crippen LogP contribution in [0.5, 0.6) is 0 Å². The Balaban J connectivity index is 2.48. The quantitative estimate of drug-likeness (QED) is 0.719. The molecule has 92 valence electrons. The van der Waals surface area contributed by atoms with E-state index in [1.807, 2.05) is 4.90 Å². The van der Waals surface area contributed by atoms with E-state index in [1.165, 1.54) is 5.57 Å². The van der Waals surface area contributed by atoms with Crippen molar-refractivity contribution < 1.29 is 4.79 Å². The molecule has 0 saturated carbocycles. The van der Waals surface area contributed by atoms with E-state index in [9.17, 15) is 4.79 Å². The van der Waals surface area contributed by atoms with Crippen LogP contribution in [0.2, 0.25) is 0 Å². The third-order valence-electron chi connectivity index (χ3n) is 2.99. The van der Waals surface area contributed by atoms with Crippen LogP contribution in [-0.4, -0.2) is 30.6 Å². The standard InChI is InChI=1S/C13H24N2O/c1-5-8-14-12(16)15-9-6-11(7-10-15)13(2,3)4/h6H,5,7-10H2,1-4H3,(H,14,16). The highest BCUT2D eigenvalue weighted by Gasteiger charge is 2.23. The monoisotopic (exact) mass is 224 g/mol. The largest absolute Gasteiger partial charge is 0.338 e. The summed E-state index contributed by atoms with van der Waals surface area (Å²) in [5, 5.41) is 2.91. The minimum absolute atomic E-state index is 0.0751. The second-order valence-electron chi connectivity index (χ2n) is 5.41. The van der Waals surface area contributed by atoms with E-state index in [0.29, 0.717) is 0 Å². The normalized spacial score (nSPS) is 17.0. The Bertz CT molecular complexity index is 276. The molecule has 16 heavy (non-hydrogen) atoms. The van der Waals surface area contributed by atoms with Gasteiger partial charge in [-0.3, -0.25) is 0 Å². The molecule has 0 aliphatic carbocycles. The predicted molar refractivity (Wildman–Crippen MR) is 67.4 cm³/mol. The molecule has 3 nitrogen and oxygen atoms in total. The summed E-state index contributed by atoms with van der Waals surface area (Å²) in [7, 11) is 0. The number of amides is 2. The maximum absolute atomic E-state index is 11.7. The molecule has 0 saturated heterocycles. The first-order chi connectivity index (χ1) is 7.45. The van der Waals surface area contributed by atoms with Gasteiger partial charge < -0.3 is 10.2 Å². The minimum atomic E-state index is 0.0751. The van der Waals surface area contributed by atoms with Crippen LogP contribution in [0.1, 0.15) is 40.5 Å². The summed E-state index contributed by atoms with van der Waals surface area (Å²) < 4.78 is 0. The van der Waals surface area contributed by atoms with Gasteiger partial charge in [0.25, 0.3) is 0 Å². The second kappa shape index (κ2) is 5.37. The van der Waals surface area contributed by atoms with E-state index in [4.69, 9.17) is 0 Å². The molecule has 0 atom stereocenters. The highest BCUT2D eigenvalue weighted by atomic mass is 16.2. The fourth-order valence-corrected chi connectivity index (χ4v) is 1.88. The number of carbonyl (C=O) groups excluding carboxylic acids is 1. The Morgan fingerprint density at radius 1 is 1.50 bits per heavy atom. The Hall–Kier alpha value is -0.990. The van der Waals surface area contributed by atoms with Crippen molar-refractivity contribution in [3.05, 3.63) is 11.6 Å². The number of hydrogen-bond donors (Lipinski definition) is 1. The van der Waals surface area contributed by atoms with Gasteiger partial charge >= 0.3 is 6.03 Å². The van der Waals surface area contributed by atoms with E-state index in [-0.39, 0.29) is 11.4 Å². The zero-order valence-corrected chi connectivity index (χ0v) is 11.0. The zero-order chi connectivity index (χ0) is 12.2. The fourth-order valence-electron chi connectivity index (χ4n) is 1.88.